The summed E-state index contributed by atoms with van der Waals surface area (Å²) >= 11 is 0. The Hall–Kier alpha value is -2.47. The van der Waals surface area contributed by atoms with Gasteiger partial charge in [-0.25, -0.2) is 4.79 Å². The van der Waals surface area contributed by atoms with E-state index in [0.29, 0.717) is 25.2 Å². The van der Waals surface area contributed by atoms with Gasteiger partial charge in [-0.1, -0.05) is 12.1 Å². The minimum atomic E-state index is -4.76. The van der Waals surface area contributed by atoms with Crippen molar-refractivity contribution in [2.75, 3.05) is 19.6 Å². The van der Waals surface area contributed by atoms with E-state index >= 15 is 0 Å². The van der Waals surface area contributed by atoms with E-state index in [4.69, 9.17) is 4.74 Å². The number of hydrogen-bond donors (Lipinski definition) is 0. The summed E-state index contributed by atoms with van der Waals surface area (Å²) < 4.78 is 46.1. The molecule has 6 nitrogen and oxygen atoms in total. The number of ether oxygens (including phenoxy) is 2. The molecule has 0 aliphatic carbocycles. The van der Waals surface area contributed by atoms with Gasteiger partial charge in [0.25, 0.3) is 0 Å². The molecule has 0 aromatic heterocycles. The topological polar surface area (TPSA) is 65.8 Å². The summed E-state index contributed by atoms with van der Waals surface area (Å²) in [5.74, 6) is -0.337. The number of hydrogen-bond acceptors (Lipinski definition) is 5. The van der Waals surface area contributed by atoms with E-state index in [0.717, 1.165) is 0 Å². The molecule has 28 heavy (non-hydrogen) atoms. The highest BCUT2D eigenvalue weighted by Gasteiger charge is 2.34. The molecule has 2 rings (SSSR count). The third-order valence-electron chi connectivity index (χ3n) is 4.21. The summed E-state index contributed by atoms with van der Waals surface area (Å²) in [6, 6.07) is 6.70. The van der Waals surface area contributed by atoms with Gasteiger partial charge in [-0.05, 0) is 45.4 Å². The smallest absolute Gasteiger partial charge is 0.444 e. The number of nitriles is 1. The molecule has 1 aromatic rings. The number of rotatable bonds is 3. The minimum absolute atomic E-state index is 0.128. The number of carbonyl (C=O) groups excluding carboxylic acids is 1. The summed E-state index contributed by atoms with van der Waals surface area (Å²) in [5, 5.41) is 9.63. The highest BCUT2D eigenvalue weighted by molar-refractivity contribution is 5.68. The number of amides is 1. The van der Waals surface area contributed by atoms with Gasteiger partial charge in [-0.15, -0.1) is 13.2 Å². The van der Waals surface area contributed by atoms with Gasteiger partial charge in [0.1, 0.15) is 17.4 Å². The number of carbonyl (C=O) groups is 1. The Kier molecular flexibility index (Phi) is 6.44. The summed E-state index contributed by atoms with van der Waals surface area (Å²) in [4.78, 5) is 15.8. The van der Waals surface area contributed by atoms with E-state index in [1.807, 2.05) is 11.8 Å². The Morgan fingerprint density at radius 1 is 1.21 bits per heavy atom. The Balaban J connectivity index is 2.06. The zero-order valence-electron chi connectivity index (χ0n) is 16.3. The van der Waals surface area contributed by atoms with Crippen LogP contribution in [0.25, 0.3) is 0 Å². The van der Waals surface area contributed by atoms with Crippen molar-refractivity contribution in [3.05, 3.63) is 29.8 Å². The zero-order chi connectivity index (χ0) is 21.1. The summed E-state index contributed by atoms with van der Waals surface area (Å²) in [7, 11) is 0. The molecular formula is C19H24F3N3O3. The van der Waals surface area contributed by atoms with Gasteiger partial charge in [0, 0.05) is 25.7 Å². The van der Waals surface area contributed by atoms with Crippen molar-refractivity contribution in [3.63, 3.8) is 0 Å². The highest BCUT2D eigenvalue weighted by atomic mass is 19.4. The molecular weight excluding hydrogens is 375 g/mol. The lowest BCUT2D eigenvalue weighted by Crippen LogP contribution is -2.55. The average molecular weight is 399 g/mol. The lowest BCUT2D eigenvalue weighted by molar-refractivity contribution is -0.274. The number of benzene rings is 1. The van der Waals surface area contributed by atoms with Crippen LogP contribution in [0.5, 0.6) is 5.75 Å². The molecule has 154 valence electrons. The first-order chi connectivity index (χ1) is 12.9. The number of nitrogens with zero attached hydrogens (tertiary/aromatic N) is 3. The van der Waals surface area contributed by atoms with Crippen LogP contribution < -0.4 is 4.74 Å². The average Bonchev–Trinajstić information content (AvgIpc) is 2.55. The second-order valence-electron chi connectivity index (χ2n) is 7.66. The molecule has 0 radical (unpaired) electrons. The molecule has 0 saturated carbocycles. The number of piperazine rings is 1. The SMILES string of the molecule is C[C@H]1CN(C(=O)OC(C)(C)C)CCN1C(C#N)c1ccc(OC(F)(F)F)cc1. The molecule has 0 spiro atoms. The van der Waals surface area contributed by atoms with Crippen molar-refractivity contribution in [2.45, 2.75) is 51.7 Å². The summed E-state index contributed by atoms with van der Waals surface area (Å²) in [6.07, 6.45) is -5.16. The van der Waals surface area contributed by atoms with Gasteiger partial charge in [0.05, 0.1) is 6.07 Å². The maximum absolute atomic E-state index is 12.3. The van der Waals surface area contributed by atoms with Gasteiger partial charge >= 0.3 is 12.5 Å². The maximum atomic E-state index is 12.3. The van der Waals surface area contributed by atoms with Gasteiger partial charge < -0.3 is 14.4 Å². The van der Waals surface area contributed by atoms with Crippen molar-refractivity contribution in [1.29, 1.82) is 5.26 Å². The van der Waals surface area contributed by atoms with Crippen LogP contribution in [-0.4, -0.2) is 53.5 Å². The molecule has 9 heteroatoms. The van der Waals surface area contributed by atoms with E-state index in [2.05, 4.69) is 10.8 Å². The van der Waals surface area contributed by atoms with Crippen LogP contribution in [0.3, 0.4) is 0 Å². The van der Waals surface area contributed by atoms with Crippen molar-refractivity contribution in [2.24, 2.45) is 0 Å². The first-order valence-corrected chi connectivity index (χ1v) is 8.88. The molecule has 1 heterocycles. The minimum Gasteiger partial charge on any atom is -0.444 e. The normalized spacial score (nSPS) is 19.6. The molecule has 1 aromatic carbocycles. The molecule has 2 atom stereocenters. The van der Waals surface area contributed by atoms with E-state index in [-0.39, 0.29) is 11.8 Å². The van der Waals surface area contributed by atoms with Crippen LogP contribution in [0.2, 0.25) is 0 Å². The quantitative estimate of drug-likeness (QED) is 0.766. The largest absolute Gasteiger partial charge is 0.573 e. The predicted molar refractivity (Wildman–Crippen MR) is 95.5 cm³/mol. The third-order valence-corrected chi connectivity index (χ3v) is 4.21. The molecule has 1 unspecified atom stereocenters. The molecule has 1 saturated heterocycles. The number of halogens is 3. The lowest BCUT2D eigenvalue weighted by Gasteiger charge is -2.42. The summed E-state index contributed by atoms with van der Waals surface area (Å²) in [5.41, 5.74) is -0.0260. The maximum Gasteiger partial charge on any atom is 0.573 e. The van der Waals surface area contributed by atoms with E-state index in [1.165, 1.54) is 24.3 Å². The molecule has 1 aliphatic heterocycles. The first-order valence-electron chi connectivity index (χ1n) is 8.88. The summed E-state index contributed by atoms with van der Waals surface area (Å²) in [6.45, 7) is 8.50. The monoisotopic (exact) mass is 399 g/mol. The predicted octanol–water partition coefficient (Wildman–Crippen LogP) is 4.09. The second kappa shape index (κ2) is 8.27. The van der Waals surface area contributed by atoms with E-state index in [9.17, 15) is 23.2 Å². The van der Waals surface area contributed by atoms with Gasteiger partial charge in [-0.3, -0.25) is 4.90 Å². The lowest BCUT2D eigenvalue weighted by atomic mass is 10.0. The third kappa shape index (κ3) is 6.02. The van der Waals surface area contributed by atoms with Crippen molar-refractivity contribution in [1.82, 2.24) is 9.80 Å². The van der Waals surface area contributed by atoms with Crippen LogP contribution in [0.4, 0.5) is 18.0 Å². The Morgan fingerprint density at radius 2 is 1.82 bits per heavy atom. The van der Waals surface area contributed by atoms with Crippen LogP contribution in [0.1, 0.15) is 39.3 Å². The van der Waals surface area contributed by atoms with Crippen molar-refractivity contribution >= 4 is 6.09 Å². The second-order valence-corrected chi connectivity index (χ2v) is 7.66. The molecule has 1 aliphatic rings. The van der Waals surface area contributed by atoms with Crippen molar-refractivity contribution < 1.29 is 27.4 Å². The van der Waals surface area contributed by atoms with Crippen LogP contribution >= 0.6 is 0 Å². The van der Waals surface area contributed by atoms with Crippen LogP contribution in [0.15, 0.2) is 24.3 Å². The van der Waals surface area contributed by atoms with Crippen molar-refractivity contribution in [3.8, 4) is 11.8 Å². The van der Waals surface area contributed by atoms with E-state index < -0.39 is 24.1 Å². The van der Waals surface area contributed by atoms with Gasteiger partial charge in [-0.2, -0.15) is 5.26 Å². The molecule has 0 bridgehead atoms. The Bertz CT molecular complexity index is 723. The Morgan fingerprint density at radius 3 is 2.29 bits per heavy atom. The first kappa shape index (κ1) is 21.8. The van der Waals surface area contributed by atoms with Gasteiger partial charge in [0.15, 0.2) is 0 Å². The molecule has 1 amide bonds. The standard InChI is InChI=1S/C19H24F3N3O3/c1-13-12-24(17(26)28-18(2,3)4)9-10-25(13)16(11-23)14-5-7-15(8-6-14)27-19(20,21)22/h5-8,13,16H,9-10,12H2,1-4H3/t13-,16?/m0/s1. The highest BCUT2D eigenvalue weighted by Crippen LogP contribution is 2.29. The zero-order valence-corrected chi connectivity index (χ0v) is 16.3. The van der Waals surface area contributed by atoms with Crippen LogP contribution in [-0.2, 0) is 4.74 Å². The fourth-order valence-electron chi connectivity index (χ4n) is 3.04. The molecule has 1 fully saturated rings. The Labute approximate surface area is 162 Å². The van der Waals surface area contributed by atoms with E-state index in [1.54, 1.807) is 25.7 Å². The molecule has 0 N–H and O–H groups in total. The fraction of sp³-hybridized carbons (Fsp3) is 0.579. The van der Waals surface area contributed by atoms with Gasteiger partial charge in [0.2, 0.25) is 0 Å². The van der Waals surface area contributed by atoms with Crippen LogP contribution in [0, 0.1) is 11.3 Å². The number of alkyl halides is 3. The fourth-order valence-corrected chi connectivity index (χ4v) is 3.04.